The highest BCUT2D eigenvalue weighted by Crippen LogP contribution is 2.13. The van der Waals surface area contributed by atoms with Crippen LogP contribution in [0.2, 0.25) is 0 Å². The highest BCUT2D eigenvalue weighted by Gasteiger charge is 2.24. The molecule has 1 aliphatic rings. The van der Waals surface area contributed by atoms with Crippen LogP contribution in [0.3, 0.4) is 0 Å². The molecule has 1 rings (SSSR count). The molecule has 0 saturated carbocycles. The molecule has 0 spiro atoms. The maximum atomic E-state index is 5.46. The van der Waals surface area contributed by atoms with Gasteiger partial charge in [-0.3, -0.25) is 0 Å². The summed E-state index contributed by atoms with van der Waals surface area (Å²) in [6.45, 7) is 3.23. The number of hydrogen-bond acceptors (Lipinski definition) is 2. The normalized spacial score (nSPS) is 34.8. The van der Waals surface area contributed by atoms with Gasteiger partial charge in [0.2, 0.25) is 0 Å². The minimum Gasteiger partial charge on any atom is -0.392 e. The van der Waals surface area contributed by atoms with E-state index in [1.807, 2.05) is 0 Å². The van der Waals surface area contributed by atoms with Crippen LogP contribution < -0.4 is 11.1 Å². The fraction of sp³-hybridized carbons (Fsp3) is 0.833. The van der Waals surface area contributed by atoms with Crippen molar-refractivity contribution in [3.63, 3.8) is 0 Å². The molecular weight excluding hydrogens is 132 g/mol. The van der Waals surface area contributed by atoms with Crippen LogP contribution in [0.25, 0.3) is 0 Å². The lowest BCUT2D eigenvalue weighted by atomic mass is 10.0. The molecule has 0 radical (unpaired) electrons. The number of hydrogen-bond donors (Lipinski definition) is 2. The fourth-order valence-electron chi connectivity index (χ4n) is 1.22. The van der Waals surface area contributed by atoms with Crippen LogP contribution in [0.5, 0.6) is 0 Å². The lowest BCUT2D eigenvalue weighted by molar-refractivity contribution is 0.588. The van der Waals surface area contributed by atoms with E-state index in [4.69, 9.17) is 18.0 Å². The van der Waals surface area contributed by atoms with E-state index in [0.29, 0.717) is 16.9 Å². The van der Waals surface area contributed by atoms with Crippen molar-refractivity contribution >= 4 is 17.2 Å². The highest BCUT2D eigenvalue weighted by atomic mass is 32.1. The molecule has 0 amide bonds. The van der Waals surface area contributed by atoms with Gasteiger partial charge in [0, 0.05) is 0 Å². The van der Waals surface area contributed by atoms with Crippen molar-refractivity contribution in [2.45, 2.75) is 19.4 Å². The van der Waals surface area contributed by atoms with Crippen molar-refractivity contribution in [3.8, 4) is 0 Å². The van der Waals surface area contributed by atoms with E-state index in [1.165, 1.54) is 6.42 Å². The third-order valence-electron chi connectivity index (χ3n) is 1.84. The lowest BCUT2D eigenvalue weighted by Crippen LogP contribution is -2.38. The summed E-state index contributed by atoms with van der Waals surface area (Å²) in [6.07, 6.45) is 1.20. The SMILES string of the molecule is CC1CCNC1C(N)=S. The van der Waals surface area contributed by atoms with Crippen molar-refractivity contribution in [3.05, 3.63) is 0 Å². The Balaban J connectivity index is 2.49. The second kappa shape index (κ2) is 2.62. The molecule has 9 heavy (non-hydrogen) atoms. The van der Waals surface area contributed by atoms with Crippen LogP contribution in [-0.4, -0.2) is 17.6 Å². The summed E-state index contributed by atoms with van der Waals surface area (Å²) < 4.78 is 0. The number of nitrogens with one attached hydrogen (secondary N) is 1. The zero-order valence-electron chi connectivity index (χ0n) is 5.55. The van der Waals surface area contributed by atoms with Gasteiger partial charge in [-0.1, -0.05) is 19.1 Å². The molecule has 2 atom stereocenters. The summed E-state index contributed by atoms with van der Waals surface area (Å²) in [4.78, 5) is 0.611. The van der Waals surface area contributed by atoms with E-state index in [2.05, 4.69) is 12.2 Å². The first-order valence-corrected chi connectivity index (χ1v) is 3.65. The summed E-state index contributed by atoms with van der Waals surface area (Å²) in [5.74, 6) is 0.627. The Hall–Kier alpha value is -0.150. The van der Waals surface area contributed by atoms with Crippen molar-refractivity contribution < 1.29 is 0 Å². The zero-order chi connectivity index (χ0) is 6.85. The molecule has 3 N–H and O–H groups in total. The molecule has 0 aromatic heterocycles. The van der Waals surface area contributed by atoms with E-state index in [1.54, 1.807) is 0 Å². The van der Waals surface area contributed by atoms with Gasteiger partial charge in [-0.15, -0.1) is 0 Å². The van der Waals surface area contributed by atoms with Gasteiger partial charge in [0.25, 0.3) is 0 Å². The molecule has 52 valence electrons. The van der Waals surface area contributed by atoms with Crippen molar-refractivity contribution in [2.75, 3.05) is 6.54 Å². The Labute approximate surface area is 60.8 Å². The van der Waals surface area contributed by atoms with Gasteiger partial charge in [0.05, 0.1) is 11.0 Å². The first-order valence-electron chi connectivity index (χ1n) is 3.24. The van der Waals surface area contributed by atoms with Gasteiger partial charge in [-0.05, 0) is 18.9 Å². The van der Waals surface area contributed by atoms with Gasteiger partial charge in [0.1, 0.15) is 0 Å². The summed E-state index contributed by atoms with van der Waals surface area (Å²) in [5.41, 5.74) is 5.46. The molecular formula is C6H12N2S. The molecule has 3 heteroatoms. The lowest BCUT2D eigenvalue weighted by Gasteiger charge is -2.12. The minimum absolute atomic E-state index is 0.292. The van der Waals surface area contributed by atoms with Gasteiger partial charge in [-0.2, -0.15) is 0 Å². The van der Waals surface area contributed by atoms with Gasteiger partial charge < -0.3 is 11.1 Å². The molecule has 0 bridgehead atoms. The summed E-state index contributed by atoms with van der Waals surface area (Å²) in [5, 5.41) is 3.24. The van der Waals surface area contributed by atoms with E-state index in [9.17, 15) is 0 Å². The van der Waals surface area contributed by atoms with Crippen LogP contribution >= 0.6 is 12.2 Å². The summed E-state index contributed by atoms with van der Waals surface area (Å²) in [6, 6.07) is 0.292. The van der Waals surface area contributed by atoms with Gasteiger partial charge in [0.15, 0.2) is 0 Å². The quantitative estimate of drug-likeness (QED) is 0.519. The number of thiocarbonyl (C=S) groups is 1. The molecule has 0 aromatic rings. The van der Waals surface area contributed by atoms with Crippen molar-refractivity contribution in [1.29, 1.82) is 0 Å². The van der Waals surface area contributed by atoms with E-state index in [-0.39, 0.29) is 0 Å². The van der Waals surface area contributed by atoms with Crippen LogP contribution in [0, 0.1) is 5.92 Å². The third-order valence-corrected chi connectivity index (χ3v) is 2.09. The van der Waals surface area contributed by atoms with Crippen LogP contribution in [0.15, 0.2) is 0 Å². The van der Waals surface area contributed by atoms with E-state index >= 15 is 0 Å². The average Bonchev–Trinajstić information content (AvgIpc) is 2.13. The Kier molecular flexibility index (Phi) is 2.03. The Morgan fingerprint density at radius 1 is 1.78 bits per heavy atom. The van der Waals surface area contributed by atoms with E-state index in [0.717, 1.165) is 6.54 Å². The topological polar surface area (TPSA) is 38.0 Å². The molecule has 1 aliphatic heterocycles. The van der Waals surface area contributed by atoms with Gasteiger partial charge >= 0.3 is 0 Å². The Morgan fingerprint density at radius 3 is 2.67 bits per heavy atom. The predicted octanol–water partition coefficient (Wildman–Crippen LogP) is 0.271. The third kappa shape index (κ3) is 1.40. The number of rotatable bonds is 1. The summed E-state index contributed by atoms with van der Waals surface area (Å²) in [7, 11) is 0. The highest BCUT2D eigenvalue weighted by molar-refractivity contribution is 7.80. The monoisotopic (exact) mass is 144 g/mol. The minimum atomic E-state index is 0.292. The molecule has 2 unspecified atom stereocenters. The Bertz CT molecular complexity index is 124. The predicted molar refractivity (Wildman–Crippen MR) is 42.4 cm³/mol. The van der Waals surface area contributed by atoms with Gasteiger partial charge in [-0.25, -0.2) is 0 Å². The van der Waals surface area contributed by atoms with Crippen LogP contribution in [0.4, 0.5) is 0 Å². The maximum Gasteiger partial charge on any atom is 0.0902 e. The zero-order valence-corrected chi connectivity index (χ0v) is 6.37. The van der Waals surface area contributed by atoms with E-state index < -0.39 is 0 Å². The standard InChI is InChI=1S/C6H12N2S/c1-4-2-3-8-5(4)6(7)9/h4-5,8H,2-3H2,1H3,(H2,7,9). The van der Waals surface area contributed by atoms with Crippen molar-refractivity contribution in [2.24, 2.45) is 11.7 Å². The molecule has 0 aromatic carbocycles. The molecule has 1 fully saturated rings. The average molecular weight is 144 g/mol. The largest absolute Gasteiger partial charge is 0.392 e. The first kappa shape index (κ1) is 6.96. The smallest absolute Gasteiger partial charge is 0.0902 e. The van der Waals surface area contributed by atoms with Crippen LogP contribution in [-0.2, 0) is 0 Å². The summed E-state index contributed by atoms with van der Waals surface area (Å²) >= 11 is 4.85. The van der Waals surface area contributed by atoms with Crippen molar-refractivity contribution in [1.82, 2.24) is 5.32 Å². The second-order valence-corrected chi connectivity index (χ2v) is 3.07. The number of nitrogens with two attached hydrogens (primary N) is 1. The molecule has 1 heterocycles. The molecule has 2 nitrogen and oxygen atoms in total. The van der Waals surface area contributed by atoms with Crippen LogP contribution in [0.1, 0.15) is 13.3 Å². The Morgan fingerprint density at radius 2 is 2.44 bits per heavy atom. The molecule has 0 aliphatic carbocycles. The second-order valence-electron chi connectivity index (χ2n) is 2.60. The first-order chi connectivity index (χ1) is 4.22. The molecule has 1 saturated heterocycles. The maximum absolute atomic E-state index is 5.46. The fourth-order valence-corrected chi connectivity index (χ4v) is 1.53.